The van der Waals surface area contributed by atoms with E-state index < -0.39 is 0 Å². The fraction of sp³-hybridized carbons (Fsp3) is 0.286. The summed E-state index contributed by atoms with van der Waals surface area (Å²) < 4.78 is 4.56. The molecular formula is C7H10N2O2S. The van der Waals surface area contributed by atoms with Gasteiger partial charge in [0.25, 0.3) is 0 Å². The van der Waals surface area contributed by atoms with Crippen molar-refractivity contribution in [3.05, 3.63) is 16.5 Å². The highest BCUT2D eigenvalue weighted by Gasteiger charge is 2.13. The summed E-state index contributed by atoms with van der Waals surface area (Å²) >= 11 is 1.42. The molecule has 0 aliphatic carbocycles. The highest BCUT2D eigenvalue weighted by molar-refractivity contribution is 7.16. The number of hydrogen-bond acceptors (Lipinski definition) is 5. The molecule has 1 rings (SSSR count). The largest absolute Gasteiger partial charge is 0.465 e. The Labute approximate surface area is 74.3 Å². The van der Waals surface area contributed by atoms with E-state index >= 15 is 0 Å². The average molecular weight is 186 g/mol. The van der Waals surface area contributed by atoms with Crippen molar-refractivity contribution in [2.24, 2.45) is 5.84 Å². The Balaban J connectivity index is 3.04. The molecule has 0 saturated heterocycles. The summed E-state index contributed by atoms with van der Waals surface area (Å²) in [5, 5.41) is 0.638. The number of anilines is 1. The van der Waals surface area contributed by atoms with Crippen molar-refractivity contribution in [3.63, 3.8) is 0 Å². The Morgan fingerprint density at radius 1 is 1.75 bits per heavy atom. The van der Waals surface area contributed by atoms with Gasteiger partial charge in [-0.2, -0.15) is 0 Å². The third-order valence-corrected chi connectivity index (χ3v) is 2.37. The van der Waals surface area contributed by atoms with E-state index in [-0.39, 0.29) is 5.97 Å². The number of carbonyl (C=O) groups is 1. The summed E-state index contributed by atoms with van der Waals surface area (Å²) in [4.78, 5) is 12.1. The number of hydrazine groups is 1. The molecule has 0 spiro atoms. The zero-order valence-electron chi connectivity index (χ0n) is 6.88. The lowest BCUT2D eigenvalue weighted by Gasteiger charge is -1.98. The molecule has 12 heavy (non-hydrogen) atoms. The van der Waals surface area contributed by atoms with Gasteiger partial charge >= 0.3 is 5.97 Å². The van der Waals surface area contributed by atoms with Crippen LogP contribution in [0.3, 0.4) is 0 Å². The van der Waals surface area contributed by atoms with Crippen molar-refractivity contribution in [2.75, 3.05) is 12.5 Å². The molecule has 0 unspecified atom stereocenters. The van der Waals surface area contributed by atoms with Gasteiger partial charge in [-0.3, -0.25) is 0 Å². The van der Waals surface area contributed by atoms with E-state index in [1.807, 2.05) is 6.92 Å². The van der Waals surface area contributed by atoms with E-state index in [1.54, 1.807) is 6.07 Å². The van der Waals surface area contributed by atoms with Gasteiger partial charge in [-0.05, 0) is 13.0 Å². The van der Waals surface area contributed by atoms with Gasteiger partial charge in [0, 0.05) is 4.88 Å². The highest BCUT2D eigenvalue weighted by atomic mass is 32.1. The number of rotatable bonds is 2. The van der Waals surface area contributed by atoms with Crippen molar-refractivity contribution in [3.8, 4) is 0 Å². The Hall–Kier alpha value is -1.07. The SMILES string of the molecule is COC(=O)c1cc(C)sc1NN. The Morgan fingerprint density at radius 3 is 2.92 bits per heavy atom. The molecule has 0 fully saturated rings. The fourth-order valence-corrected chi connectivity index (χ4v) is 1.69. The predicted octanol–water partition coefficient (Wildman–Crippen LogP) is 1.13. The van der Waals surface area contributed by atoms with Crippen LogP contribution in [0.15, 0.2) is 6.07 Å². The van der Waals surface area contributed by atoms with Crippen molar-refractivity contribution < 1.29 is 9.53 Å². The lowest BCUT2D eigenvalue weighted by molar-refractivity contribution is 0.0602. The minimum atomic E-state index is -0.368. The van der Waals surface area contributed by atoms with E-state index in [4.69, 9.17) is 5.84 Å². The van der Waals surface area contributed by atoms with Crippen molar-refractivity contribution >= 4 is 22.3 Å². The summed E-state index contributed by atoms with van der Waals surface area (Å²) in [5.41, 5.74) is 2.94. The molecule has 0 radical (unpaired) electrons. The second-order valence-corrected chi connectivity index (χ2v) is 3.49. The van der Waals surface area contributed by atoms with E-state index in [9.17, 15) is 4.79 Å². The number of ether oxygens (including phenoxy) is 1. The normalized spacial score (nSPS) is 9.58. The molecule has 0 aromatic carbocycles. The van der Waals surface area contributed by atoms with Crippen LogP contribution in [0.2, 0.25) is 0 Å². The van der Waals surface area contributed by atoms with Crippen molar-refractivity contribution in [2.45, 2.75) is 6.92 Å². The van der Waals surface area contributed by atoms with Gasteiger partial charge in [-0.25, -0.2) is 10.6 Å². The first kappa shape index (κ1) is 9.02. The number of methoxy groups -OCH3 is 1. The maximum absolute atomic E-state index is 11.1. The number of nitrogens with one attached hydrogen (secondary N) is 1. The number of carbonyl (C=O) groups excluding carboxylic acids is 1. The molecule has 0 amide bonds. The lowest BCUT2D eigenvalue weighted by Crippen LogP contribution is -2.10. The first-order valence-corrected chi connectivity index (χ1v) is 4.16. The van der Waals surface area contributed by atoms with Crippen LogP contribution in [-0.4, -0.2) is 13.1 Å². The molecule has 0 saturated carbocycles. The number of esters is 1. The lowest BCUT2D eigenvalue weighted by atomic mass is 10.3. The number of aryl methyl sites for hydroxylation is 1. The molecule has 0 aliphatic heterocycles. The molecule has 1 heterocycles. The Kier molecular flexibility index (Phi) is 2.67. The molecule has 3 N–H and O–H groups in total. The van der Waals surface area contributed by atoms with Gasteiger partial charge in [0.2, 0.25) is 0 Å². The minimum absolute atomic E-state index is 0.368. The second-order valence-electron chi connectivity index (χ2n) is 2.24. The van der Waals surface area contributed by atoms with Gasteiger partial charge < -0.3 is 10.2 Å². The van der Waals surface area contributed by atoms with Gasteiger partial charge in [-0.15, -0.1) is 11.3 Å². The van der Waals surface area contributed by atoms with Gasteiger partial charge in [0.15, 0.2) is 0 Å². The second kappa shape index (κ2) is 3.55. The van der Waals surface area contributed by atoms with E-state index in [1.165, 1.54) is 18.4 Å². The van der Waals surface area contributed by atoms with Crippen LogP contribution >= 0.6 is 11.3 Å². The summed E-state index contributed by atoms with van der Waals surface area (Å²) in [6, 6.07) is 1.74. The first-order chi connectivity index (χ1) is 5.69. The molecule has 4 nitrogen and oxygen atoms in total. The highest BCUT2D eigenvalue weighted by Crippen LogP contribution is 2.26. The summed E-state index contributed by atoms with van der Waals surface area (Å²) in [5.74, 6) is 4.84. The standard InChI is InChI=1S/C7H10N2O2S/c1-4-3-5(7(10)11-2)6(9-8)12-4/h3,9H,8H2,1-2H3. The third-order valence-electron chi connectivity index (χ3n) is 1.39. The monoisotopic (exact) mass is 186 g/mol. The fourth-order valence-electron chi connectivity index (χ4n) is 0.883. The van der Waals surface area contributed by atoms with Crippen LogP contribution < -0.4 is 11.3 Å². The number of hydrogen-bond donors (Lipinski definition) is 2. The van der Waals surface area contributed by atoms with Crippen LogP contribution in [0.25, 0.3) is 0 Å². The van der Waals surface area contributed by atoms with Crippen LogP contribution in [0.4, 0.5) is 5.00 Å². The molecule has 5 heteroatoms. The zero-order valence-corrected chi connectivity index (χ0v) is 7.70. The number of thiophene rings is 1. The molecule has 0 bridgehead atoms. The molecule has 1 aromatic rings. The average Bonchev–Trinajstić information content (AvgIpc) is 2.45. The molecule has 1 aromatic heterocycles. The maximum atomic E-state index is 11.1. The summed E-state index contributed by atoms with van der Waals surface area (Å²) in [7, 11) is 1.34. The van der Waals surface area contributed by atoms with E-state index in [2.05, 4.69) is 10.2 Å². The summed E-state index contributed by atoms with van der Waals surface area (Å²) in [6.45, 7) is 1.90. The quantitative estimate of drug-likeness (QED) is 0.413. The van der Waals surface area contributed by atoms with Crippen molar-refractivity contribution in [1.29, 1.82) is 0 Å². The maximum Gasteiger partial charge on any atom is 0.340 e. The number of nitrogens with two attached hydrogens (primary N) is 1. The molecule has 0 aliphatic rings. The van der Waals surface area contributed by atoms with Crippen LogP contribution in [0.1, 0.15) is 15.2 Å². The molecule has 66 valence electrons. The first-order valence-electron chi connectivity index (χ1n) is 3.34. The smallest absolute Gasteiger partial charge is 0.340 e. The van der Waals surface area contributed by atoms with Crippen LogP contribution in [0, 0.1) is 6.92 Å². The molecule has 0 atom stereocenters. The Morgan fingerprint density at radius 2 is 2.42 bits per heavy atom. The topological polar surface area (TPSA) is 64.3 Å². The molecular weight excluding hydrogens is 176 g/mol. The number of nitrogen functional groups attached to an aromatic ring is 1. The van der Waals surface area contributed by atoms with E-state index in [0.717, 1.165) is 4.88 Å². The van der Waals surface area contributed by atoms with Crippen molar-refractivity contribution in [1.82, 2.24) is 0 Å². The Bertz CT molecular complexity index is 296. The van der Waals surface area contributed by atoms with Gasteiger partial charge in [0.05, 0.1) is 12.7 Å². The van der Waals surface area contributed by atoms with Crippen LogP contribution in [0.5, 0.6) is 0 Å². The summed E-state index contributed by atoms with van der Waals surface area (Å²) in [6.07, 6.45) is 0. The zero-order chi connectivity index (χ0) is 9.14. The van der Waals surface area contributed by atoms with Gasteiger partial charge in [-0.1, -0.05) is 0 Å². The third kappa shape index (κ3) is 1.57. The van der Waals surface area contributed by atoms with Crippen LogP contribution in [-0.2, 0) is 4.74 Å². The van der Waals surface area contributed by atoms with E-state index in [0.29, 0.717) is 10.6 Å². The van der Waals surface area contributed by atoms with Gasteiger partial charge in [0.1, 0.15) is 5.00 Å². The minimum Gasteiger partial charge on any atom is -0.465 e. The predicted molar refractivity (Wildman–Crippen MR) is 48.2 cm³/mol.